The molecule has 1 aliphatic heterocycles. The Morgan fingerprint density at radius 1 is 1.30 bits per heavy atom. The number of rotatable bonds is 2. The highest BCUT2D eigenvalue weighted by Gasteiger charge is 2.31. The zero-order chi connectivity index (χ0) is 19.6. The van der Waals surface area contributed by atoms with E-state index in [-0.39, 0.29) is 12.1 Å². The van der Waals surface area contributed by atoms with Crippen LogP contribution in [0, 0.1) is 5.82 Å². The summed E-state index contributed by atoms with van der Waals surface area (Å²) >= 11 is 6.30. The Balaban J connectivity index is 1.93. The van der Waals surface area contributed by atoms with Crippen LogP contribution >= 0.6 is 11.6 Å². The summed E-state index contributed by atoms with van der Waals surface area (Å²) in [5.74, 6) is -0.138. The van der Waals surface area contributed by atoms with Gasteiger partial charge < -0.3 is 10.1 Å². The van der Waals surface area contributed by atoms with E-state index >= 15 is 0 Å². The van der Waals surface area contributed by atoms with Gasteiger partial charge in [0.2, 0.25) is 0 Å². The first kappa shape index (κ1) is 19.5. The van der Waals surface area contributed by atoms with Gasteiger partial charge in [-0.3, -0.25) is 4.90 Å². The zero-order valence-electron chi connectivity index (χ0n) is 15.5. The smallest absolute Gasteiger partial charge is 0.410 e. The van der Waals surface area contributed by atoms with Crippen LogP contribution in [-0.2, 0) is 4.74 Å². The number of ether oxygens (including phenoxy) is 1. The van der Waals surface area contributed by atoms with Crippen LogP contribution in [-0.4, -0.2) is 46.2 Å². The average Bonchev–Trinajstić information content (AvgIpc) is 2.60. The fraction of sp³-hybridized carbons (Fsp3) is 0.421. The van der Waals surface area contributed by atoms with E-state index in [1.807, 2.05) is 32.9 Å². The fourth-order valence-corrected chi connectivity index (χ4v) is 3.18. The molecule has 0 radical (unpaired) electrons. The number of nitrogens with zero attached hydrogens (tertiary/aromatic N) is 3. The lowest BCUT2D eigenvalue weighted by Gasteiger charge is -2.37. The van der Waals surface area contributed by atoms with E-state index in [2.05, 4.69) is 15.3 Å². The molecule has 6 nitrogen and oxygen atoms in total. The van der Waals surface area contributed by atoms with Gasteiger partial charge in [-0.05, 0) is 44.5 Å². The minimum atomic E-state index is -0.575. The number of carbonyl (C=O) groups excluding carboxylic acids is 1. The molecular formula is C19H22ClFN4O2. The lowest BCUT2D eigenvalue weighted by Crippen LogP contribution is -2.50. The van der Waals surface area contributed by atoms with Crippen molar-refractivity contribution >= 4 is 17.7 Å². The normalized spacial score (nSPS) is 17.7. The third-order valence-corrected chi connectivity index (χ3v) is 4.27. The van der Waals surface area contributed by atoms with Gasteiger partial charge in [-0.15, -0.1) is 0 Å². The molecule has 1 fully saturated rings. The van der Waals surface area contributed by atoms with Gasteiger partial charge in [-0.2, -0.15) is 0 Å². The molecule has 1 N–H and O–H groups in total. The van der Waals surface area contributed by atoms with Crippen molar-refractivity contribution in [2.24, 2.45) is 0 Å². The molecule has 0 spiro atoms. The van der Waals surface area contributed by atoms with E-state index < -0.39 is 11.4 Å². The Morgan fingerprint density at radius 3 is 2.67 bits per heavy atom. The van der Waals surface area contributed by atoms with Crippen LogP contribution in [0.25, 0.3) is 11.4 Å². The van der Waals surface area contributed by atoms with Crippen LogP contribution in [0.15, 0.2) is 30.6 Å². The van der Waals surface area contributed by atoms with Crippen LogP contribution in [0.5, 0.6) is 0 Å². The van der Waals surface area contributed by atoms with Crippen LogP contribution in [0.1, 0.15) is 32.4 Å². The summed E-state index contributed by atoms with van der Waals surface area (Å²) in [7, 11) is 0. The van der Waals surface area contributed by atoms with Gasteiger partial charge in [0.1, 0.15) is 5.60 Å². The molecule has 0 aliphatic carbocycles. The second-order valence-electron chi connectivity index (χ2n) is 7.39. The molecule has 8 heteroatoms. The fourth-order valence-electron chi connectivity index (χ4n) is 2.94. The maximum atomic E-state index is 13.1. The van der Waals surface area contributed by atoms with E-state index in [0.29, 0.717) is 36.0 Å². The van der Waals surface area contributed by atoms with Gasteiger partial charge in [0.15, 0.2) is 11.6 Å². The molecule has 1 atom stereocenters. The van der Waals surface area contributed by atoms with E-state index in [0.717, 1.165) is 18.0 Å². The molecule has 144 valence electrons. The zero-order valence-corrected chi connectivity index (χ0v) is 16.3. The lowest BCUT2D eigenvalue weighted by atomic mass is 10.0. The second-order valence-corrected chi connectivity index (χ2v) is 7.83. The van der Waals surface area contributed by atoms with E-state index in [4.69, 9.17) is 16.3 Å². The minimum Gasteiger partial charge on any atom is -0.444 e. The van der Waals surface area contributed by atoms with Crippen LogP contribution in [0.2, 0.25) is 5.02 Å². The highest BCUT2D eigenvalue weighted by atomic mass is 35.5. The molecule has 1 saturated heterocycles. The van der Waals surface area contributed by atoms with Gasteiger partial charge >= 0.3 is 6.09 Å². The summed E-state index contributed by atoms with van der Waals surface area (Å²) in [6.45, 7) is 7.30. The van der Waals surface area contributed by atoms with Gasteiger partial charge in [0.25, 0.3) is 0 Å². The largest absolute Gasteiger partial charge is 0.444 e. The summed E-state index contributed by atoms with van der Waals surface area (Å²) in [5, 5.41) is 3.78. The van der Waals surface area contributed by atoms with Crippen molar-refractivity contribution < 1.29 is 13.9 Å². The van der Waals surface area contributed by atoms with E-state index in [1.165, 1.54) is 0 Å². The number of nitrogens with one attached hydrogen (secondary N) is 1. The highest BCUT2D eigenvalue weighted by Crippen LogP contribution is 2.30. The molecule has 0 unspecified atom stereocenters. The molecule has 2 heterocycles. The first-order valence-corrected chi connectivity index (χ1v) is 9.09. The number of hydrogen-bond donors (Lipinski definition) is 1. The molecule has 27 heavy (non-hydrogen) atoms. The third kappa shape index (κ3) is 4.93. The first-order chi connectivity index (χ1) is 12.7. The van der Waals surface area contributed by atoms with Gasteiger partial charge in [0.05, 0.1) is 18.4 Å². The number of aromatic nitrogens is 2. The summed E-state index contributed by atoms with van der Waals surface area (Å²) in [6, 6.07) is 5.15. The molecule has 3 rings (SSSR count). The van der Waals surface area contributed by atoms with Crippen molar-refractivity contribution in [3.05, 3.63) is 47.0 Å². The molecule has 1 amide bonds. The maximum Gasteiger partial charge on any atom is 0.410 e. The number of carbonyl (C=O) groups is 1. The minimum absolute atomic E-state index is 0.244. The number of amides is 1. The Hall–Kier alpha value is -2.25. The molecular weight excluding hydrogens is 371 g/mol. The predicted molar refractivity (Wildman–Crippen MR) is 101 cm³/mol. The van der Waals surface area contributed by atoms with Crippen LogP contribution < -0.4 is 5.32 Å². The van der Waals surface area contributed by atoms with Crippen LogP contribution in [0.4, 0.5) is 9.18 Å². The van der Waals surface area contributed by atoms with Crippen molar-refractivity contribution in [3.63, 3.8) is 0 Å². The van der Waals surface area contributed by atoms with E-state index in [1.54, 1.807) is 11.0 Å². The van der Waals surface area contributed by atoms with Crippen molar-refractivity contribution in [1.82, 2.24) is 20.2 Å². The maximum absolute atomic E-state index is 13.1. The summed E-state index contributed by atoms with van der Waals surface area (Å²) in [6.07, 6.45) is 1.85. The van der Waals surface area contributed by atoms with E-state index in [9.17, 15) is 9.18 Å². The molecule has 1 aromatic carbocycles. The van der Waals surface area contributed by atoms with Gasteiger partial charge in [-0.25, -0.2) is 19.2 Å². The highest BCUT2D eigenvalue weighted by molar-refractivity contribution is 6.30. The quantitative estimate of drug-likeness (QED) is 0.841. The Bertz CT molecular complexity index is 823. The number of benzene rings is 1. The number of halogens is 2. The standard InChI is InChI=1S/C19H22ClFN4O2/c1-19(2,3)27-18(26)25-5-4-22-11-16(25)12-6-13(8-14(20)7-12)17-23-9-15(21)10-24-17/h6-10,16,22H,4-5,11H2,1-3H3/t16-/m0/s1. The SMILES string of the molecule is CC(C)(C)OC(=O)N1CCNC[C@H]1c1cc(Cl)cc(-c2ncc(F)cn2)c1. The Morgan fingerprint density at radius 2 is 2.00 bits per heavy atom. The van der Waals surface area contributed by atoms with Crippen molar-refractivity contribution in [3.8, 4) is 11.4 Å². The summed E-state index contributed by atoms with van der Waals surface area (Å²) in [5.41, 5.74) is 0.921. The second kappa shape index (κ2) is 7.78. The monoisotopic (exact) mass is 392 g/mol. The summed E-state index contributed by atoms with van der Waals surface area (Å²) in [4.78, 5) is 22.4. The van der Waals surface area contributed by atoms with Gasteiger partial charge in [-0.1, -0.05) is 11.6 Å². The van der Waals surface area contributed by atoms with Crippen molar-refractivity contribution in [1.29, 1.82) is 0 Å². The lowest BCUT2D eigenvalue weighted by molar-refractivity contribution is 0.0118. The predicted octanol–water partition coefficient (Wildman–Crippen LogP) is 3.82. The number of hydrogen-bond acceptors (Lipinski definition) is 5. The molecule has 0 saturated carbocycles. The van der Waals surface area contributed by atoms with Crippen molar-refractivity contribution in [2.75, 3.05) is 19.6 Å². The molecule has 0 bridgehead atoms. The average molecular weight is 393 g/mol. The molecule has 1 aliphatic rings. The Kier molecular flexibility index (Phi) is 5.62. The summed E-state index contributed by atoms with van der Waals surface area (Å²) < 4.78 is 18.7. The number of piperazine rings is 1. The molecule has 1 aromatic heterocycles. The third-order valence-electron chi connectivity index (χ3n) is 4.05. The van der Waals surface area contributed by atoms with Gasteiger partial charge in [0, 0.05) is 30.2 Å². The first-order valence-electron chi connectivity index (χ1n) is 8.72. The van der Waals surface area contributed by atoms with Crippen LogP contribution in [0.3, 0.4) is 0 Å². The Labute approximate surface area is 162 Å². The van der Waals surface area contributed by atoms with Crippen molar-refractivity contribution in [2.45, 2.75) is 32.4 Å². The molecule has 2 aromatic rings. The topological polar surface area (TPSA) is 67.3 Å².